The van der Waals surface area contributed by atoms with Gasteiger partial charge in [-0.15, -0.1) is 0 Å². The molecule has 0 saturated carbocycles. The maximum Gasteiger partial charge on any atom is 0.178 e. The van der Waals surface area contributed by atoms with Crippen LogP contribution in [0.5, 0.6) is 0 Å². The van der Waals surface area contributed by atoms with Crippen LogP contribution >= 0.6 is 0 Å². The molecular weight excluding hydrogens is 260 g/mol. The first kappa shape index (κ1) is 19.9. The molecule has 0 aliphatic heterocycles. The second-order valence-electron chi connectivity index (χ2n) is 5.35. The molecule has 21 heavy (non-hydrogen) atoms. The summed E-state index contributed by atoms with van der Waals surface area (Å²) in [5.74, 6) is -0.0427. The number of carbonyl (C=O) groups is 1. The largest absolute Gasteiger partial charge is 0.392 e. The van der Waals surface area contributed by atoms with E-state index in [0.717, 1.165) is 12.8 Å². The first-order chi connectivity index (χ1) is 10.3. The van der Waals surface area contributed by atoms with E-state index in [-0.39, 0.29) is 12.4 Å². The Bertz CT molecular complexity index is 314. The average molecular weight is 292 g/mol. The number of hydrogen-bond acceptors (Lipinski definition) is 2. The van der Waals surface area contributed by atoms with Crippen LogP contribution in [0.15, 0.2) is 36.5 Å². The average Bonchev–Trinajstić information content (AvgIpc) is 2.49. The molecule has 0 heterocycles. The van der Waals surface area contributed by atoms with Gasteiger partial charge in [0.2, 0.25) is 0 Å². The summed E-state index contributed by atoms with van der Waals surface area (Å²) >= 11 is 0. The third kappa shape index (κ3) is 16.8. The Morgan fingerprint density at radius 1 is 0.762 bits per heavy atom. The van der Waals surface area contributed by atoms with E-state index in [0.29, 0.717) is 0 Å². The van der Waals surface area contributed by atoms with E-state index in [1.54, 1.807) is 6.08 Å². The molecule has 0 aromatic heterocycles. The van der Waals surface area contributed by atoms with Gasteiger partial charge in [0.1, 0.15) is 0 Å². The van der Waals surface area contributed by atoms with Crippen LogP contribution in [0, 0.1) is 0 Å². The Kier molecular flexibility index (Phi) is 16.0. The van der Waals surface area contributed by atoms with Crippen LogP contribution in [0.25, 0.3) is 0 Å². The zero-order valence-electron chi connectivity index (χ0n) is 13.6. The van der Waals surface area contributed by atoms with E-state index in [9.17, 15) is 4.79 Å². The molecule has 1 N–H and O–H groups in total. The smallest absolute Gasteiger partial charge is 0.178 e. The SMILES string of the molecule is CCCCC=CCCCCCCCC=CC(=O)C=CCO. The fourth-order valence-corrected chi connectivity index (χ4v) is 2.04. The van der Waals surface area contributed by atoms with Crippen molar-refractivity contribution in [2.24, 2.45) is 0 Å². The summed E-state index contributed by atoms with van der Waals surface area (Å²) in [7, 11) is 0. The molecule has 0 bridgehead atoms. The fraction of sp³-hybridized carbons (Fsp3) is 0.632. The standard InChI is InChI=1S/C19H32O2/c1-2-3-4-5-6-7-8-9-10-11-12-13-14-16-19(21)17-15-18-20/h5-6,14-17,20H,2-4,7-13,18H2,1H3. The molecule has 0 atom stereocenters. The van der Waals surface area contributed by atoms with E-state index in [4.69, 9.17) is 5.11 Å². The van der Waals surface area contributed by atoms with Crippen molar-refractivity contribution in [2.45, 2.75) is 71.1 Å². The lowest BCUT2D eigenvalue weighted by Gasteiger charge is -1.98. The van der Waals surface area contributed by atoms with Gasteiger partial charge >= 0.3 is 0 Å². The normalized spacial score (nSPS) is 12.1. The summed E-state index contributed by atoms with van der Waals surface area (Å²) in [5, 5.41) is 8.53. The zero-order valence-corrected chi connectivity index (χ0v) is 13.6. The Morgan fingerprint density at radius 3 is 1.90 bits per heavy atom. The number of unbranched alkanes of at least 4 members (excludes halogenated alkanes) is 8. The Balaban J connectivity index is 3.29. The minimum atomic E-state index is -0.0760. The number of ketones is 1. The molecule has 0 aromatic rings. The maximum absolute atomic E-state index is 11.2. The molecule has 120 valence electrons. The molecule has 0 radical (unpaired) electrons. The van der Waals surface area contributed by atoms with Crippen molar-refractivity contribution < 1.29 is 9.90 Å². The van der Waals surface area contributed by atoms with Crippen molar-refractivity contribution in [3.63, 3.8) is 0 Å². The van der Waals surface area contributed by atoms with Gasteiger partial charge in [-0.1, -0.05) is 63.3 Å². The fourth-order valence-electron chi connectivity index (χ4n) is 2.04. The Morgan fingerprint density at radius 2 is 1.29 bits per heavy atom. The van der Waals surface area contributed by atoms with Crippen LogP contribution in [-0.4, -0.2) is 17.5 Å². The summed E-state index contributed by atoms with van der Waals surface area (Å²) in [6.45, 7) is 2.15. The van der Waals surface area contributed by atoms with Crippen molar-refractivity contribution in [2.75, 3.05) is 6.61 Å². The van der Waals surface area contributed by atoms with Gasteiger partial charge in [-0.3, -0.25) is 4.79 Å². The van der Waals surface area contributed by atoms with Gasteiger partial charge in [-0.2, -0.15) is 0 Å². The Hall–Kier alpha value is -1.15. The molecule has 0 spiro atoms. The van der Waals surface area contributed by atoms with Gasteiger partial charge < -0.3 is 5.11 Å². The molecule has 0 saturated heterocycles. The molecule has 0 rings (SSSR count). The highest BCUT2D eigenvalue weighted by molar-refractivity contribution is 5.99. The van der Waals surface area contributed by atoms with E-state index >= 15 is 0 Å². The first-order valence-electron chi connectivity index (χ1n) is 8.44. The molecule has 2 nitrogen and oxygen atoms in total. The number of aliphatic hydroxyl groups excluding tert-OH is 1. The number of aliphatic hydroxyl groups is 1. The molecule has 0 amide bonds. The summed E-state index contributed by atoms with van der Waals surface area (Å²) in [5.41, 5.74) is 0. The van der Waals surface area contributed by atoms with Gasteiger partial charge in [0, 0.05) is 0 Å². The lowest BCUT2D eigenvalue weighted by Crippen LogP contribution is -1.86. The zero-order chi connectivity index (χ0) is 15.6. The monoisotopic (exact) mass is 292 g/mol. The third-order valence-corrected chi connectivity index (χ3v) is 3.30. The molecule has 0 fully saturated rings. The topological polar surface area (TPSA) is 37.3 Å². The number of carbonyl (C=O) groups excluding carboxylic acids is 1. The third-order valence-electron chi connectivity index (χ3n) is 3.30. The van der Waals surface area contributed by atoms with Gasteiger partial charge in [-0.25, -0.2) is 0 Å². The second-order valence-corrected chi connectivity index (χ2v) is 5.35. The van der Waals surface area contributed by atoms with Crippen molar-refractivity contribution >= 4 is 5.78 Å². The quantitative estimate of drug-likeness (QED) is 0.273. The lowest BCUT2D eigenvalue weighted by molar-refractivity contribution is -0.110. The van der Waals surface area contributed by atoms with Crippen LogP contribution in [0.1, 0.15) is 71.1 Å². The molecule has 0 aliphatic carbocycles. The highest BCUT2D eigenvalue weighted by atomic mass is 16.2. The molecular formula is C19H32O2. The van der Waals surface area contributed by atoms with E-state index in [1.165, 1.54) is 63.5 Å². The highest BCUT2D eigenvalue weighted by Crippen LogP contribution is 2.08. The van der Waals surface area contributed by atoms with Gasteiger partial charge in [0.15, 0.2) is 5.78 Å². The van der Waals surface area contributed by atoms with Crippen molar-refractivity contribution in [3.8, 4) is 0 Å². The van der Waals surface area contributed by atoms with Gasteiger partial charge in [0.25, 0.3) is 0 Å². The van der Waals surface area contributed by atoms with Crippen LogP contribution < -0.4 is 0 Å². The summed E-state index contributed by atoms with van der Waals surface area (Å²) in [4.78, 5) is 11.2. The first-order valence-corrected chi connectivity index (χ1v) is 8.44. The number of rotatable bonds is 14. The predicted octanol–water partition coefficient (Wildman–Crippen LogP) is 5.14. The van der Waals surface area contributed by atoms with Crippen LogP contribution in [-0.2, 0) is 4.79 Å². The van der Waals surface area contributed by atoms with Crippen LogP contribution in [0.4, 0.5) is 0 Å². The predicted molar refractivity (Wildman–Crippen MR) is 91.4 cm³/mol. The highest BCUT2D eigenvalue weighted by Gasteiger charge is 1.90. The molecule has 2 heteroatoms. The summed E-state index contributed by atoms with van der Waals surface area (Å²) in [6, 6.07) is 0. The lowest BCUT2D eigenvalue weighted by atomic mass is 10.1. The summed E-state index contributed by atoms with van der Waals surface area (Å²) < 4.78 is 0. The Labute approximate surface area is 130 Å². The number of hydrogen-bond donors (Lipinski definition) is 1. The molecule has 0 aliphatic rings. The minimum Gasteiger partial charge on any atom is -0.392 e. The molecule has 0 aromatic carbocycles. The van der Waals surface area contributed by atoms with Crippen molar-refractivity contribution in [3.05, 3.63) is 36.5 Å². The van der Waals surface area contributed by atoms with Crippen LogP contribution in [0.2, 0.25) is 0 Å². The minimum absolute atomic E-state index is 0.0427. The van der Waals surface area contributed by atoms with Crippen LogP contribution in [0.3, 0.4) is 0 Å². The number of allylic oxidation sites excluding steroid dienone is 5. The van der Waals surface area contributed by atoms with Crippen molar-refractivity contribution in [1.82, 2.24) is 0 Å². The van der Waals surface area contributed by atoms with E-state index in [2.05, 4.69) is 19.1 Å². The summed E-state index contributed by atoms with van der Waals surface area (Å²) in [6.07, 6.45) is 23.3. The van der Waals surface area contributed by atoms with E-state index in [1.807, 2.05) is 6.08 Å². The second kappa shape index (κ2) is 16.9. The maximum atomic E-state index is 11.2. The van der Waals surface area contributed by atoms with Crippen molar-refractivity contribution in [1.29, 1.82) is 0 Å². The molecule has 0 unspecified atom stereocenters. The van der Waals surface area contributed by atoms with Gasteiger partial charge in [0.05, 0.1) is 6.61 Å². The van der Waals surface area contributed by atoms with E-state index < -0.39 is 0 Å². The van der Waals surface area contributed by atoms with Gasteiger partial charge in [-0.05, 0) is 44.3 Å².